The summed E-state index contributed by atoms with van der Waals surface area (Å²) in [6.45, 7) is 6.04. The predicted molar refractivity (Wildman–Crippen MR) is 110 cm³/mol. The van der Waals surface area contributed by atoms with Gasteiger partial charge in [-0.2, -0.15) is 0 Å². The fraction of sp³-hybridized carbons (Fsp3) is 0.650. The molecule has 2 N–H and O–H groups in total. The molecule has 3 rings (SSSR count). The molecular formula is C20H31FN4O2S. The number of benzene rings is 1. The van der Waals surface area contributed by atoms with Crippen LogP contribution in [0.15, 0.2) is 29.3 Å². The summed E-state index contributed by atoms with van der Waals surface area (Å²) in [5.41, 5.74) is 0.569. The van der Waals surface area contributed by atoms with Gasteiger partial charge in [0.1, 0.15) is 5.82 Å². The number of sulfonamides is 1. The normalized spacial score (nSPS) is 20.8. The van der Waals surface area contributed by atoms with Crippen LogP contribution in [-0.2, 0) is 15.4 Å². The fourth-order valence-corrected chi connectivity index (χ4v) is 4.89. The number of rotatable bonds is 7. The minimum Gasteiger partial charge on any atom is -0.357 e. The van der Waals surface area contributed by atoms with Gasteiger partial charge in [0.2, 0.25) is 10.0 Å². The molecule has 0 aromatic heterocycles. The molecule has 1 heterocycles. The second-order valence-electron chi connectivity index (χ2n) is 7.67. The first kappa shape index (κ1) is 21.0. The Kier molecular flexibility index (Phi) is 6.60. The van der Waals surface area contributed by atoms with E-state index in [-0.39, 0.29) is 23.0 Å². The van der Waals surface area contributed by atoms with E-state index < -0.39 is 10.0 Å². The molecule has 0 atom stereocenters. The molecule has 2 fully saturated rings. The second-order valence-corrected chi connectivity index (χ2v) is 9.93. The van der Waals surface area contributed by atoms with E-state index in [0.29, 0.717) is 19.6 Å². The molecule has 0 amide bonds. The van der Waals surface area contributed by atoms with Crippen LogP contribution in [0.3, 0.4) is 0 Å². The lowest BCUT2D eigenvalue weighted by atomic mass is 9.95. The molecule has 0 radical (unpaired) electrons. The smallest absolute Gasteiger partial charge is 0.213 e. The molecule has 1 aliphatic heterocycles. The van der Waals surface area contributed by atoms with Crippen molar-refractivity contribution in [3.63, 3.8) is 0 Å². The number of piperidine rings is 1. The molecule has 8 heteroatoms. The van der Waals surface area contributed by atoms with Gasteiger partial charge in [-0.15, -0.1) is 0 Å². The van der Waals surface area contributed by atoms with E-state index in [9.17, 15) is 12.8 Å². The van der Waals surface area contributed by atoms with E-state index in [2.05, 4.69) is 10.6 Å². The zero-order valence-electron chi connectivity index (χ0n) is 16.7. The van der Waals surface area contributed by atoms with Crippen LogP contribution in [0.1, 0.15) is 45.1 Å². The molecule has 1 aromatic carbocycles. The molecule has 0 spiro atoms. The van der Waals surface area contributed by atoms with Gasteiger partial charge in [0.05, 0.1) is 12.3 Å². The summed E-state index contributed by atoms with van der Waals surface area (Å²) in [4.78, 5) is 4.74. The Morgan fingerprint density at radius 2 is 1.93 bits per heavy atom. The Morgan fingerprint density at radius 1 is 1.25 bits per heavy atom. The molecule has 0 bridgehead atoms. The van der Waals surface area contributed by atoms with Crippen molar-refractivity contribution in [2.45, 2.75) is 51.0 Å². The van der Waals surface area contributed by atoms with Crippen LogP contribution in [0.4, 0.5) is 4.39 Å². The topological polar surface area (TPSA) is 73.8 Å². The maximum atomic E-state index is 14.2. The van der Waals surface area contributed by atoms with E-state index in [1.54, 1.807) is 17.3 Å². The lowest BCUT2D eigenvalue weighted by Crippen LogP contribution is -2.50. The van der Waals surface area contributed by atoms with E-state index in [1.807, 2.05) is 19.1 Å². The summed E-state index contributed by atoms with van der Waals surface area (Å²) in [5, 5.41) is 6.70. The van der Waals surface area contributed by atoms with Crippen molar-refractivity contribution in [2.75, 3.05) is 31.9 Å². The van der Waals surface area contributed by atoms with Crippen LogP contribution in [0.25, 0.3) is 0 Å². The third-order valence-corrected chi connectivity index (χ3v) is 7.62. The van der Waals surface area contributed by atoms with Gasteiger partial charge in [0.25, 0.3) is 0 Å². The molecule has 1 aromatic rings. The van der Waals surface area contributed by atoms with Gasteiger partial charge in [-0.25, -0.2) is 17.1 Å². The van der Waals surface area contributed by atoms with Gasteiger partial charge >= 0.3 is 0 Å². The third-order valence-electron chi connectivity index (χ3n) is 5.74. The summed E-state index contributed by atoms with van der Waals surface area (Å²) in [7, 11) is -3.12. The van der Waals surface area contributed by atoms with Crippen LogP contribution < -0.4 is 10.6 Å². The Hall–Kier alpha value is -1.67. The fourth-order valence-electron chi connectivity index (χ4n) is 3.76. The zero-order valence-corrected chi connectivity index (χ0v) is 17.6. The summed E-state index contributed by atoms with van der Waals surface area (Å²) < 4.78 is 39.8. The van der Waals surface area contributed by atoms with Crippen LogP contribution in [0.2, 0.25) is 0 Å². The number of nitrogens with one attached hydrogen (secondary N) is 2. The average Bonchev–Trinajstić information content (AvgIpc) is 3.48. The maximum Gasteiger partial charge on any atom is 0.213 e. The molecule has 1 saturated heterocycles. The largest absolute Gasteiger partial charge is 0.357 e. The first-order valence-electron chi connectivity index (χ1n) is 10.2. The summed E-state index contributed by atoms with van der Waals surface area (Å²) in [6, 6.07) is 7.16. The maximum absolute atomic E-state index is 14.2. The van der Waals surface area contributed by atoms with Crippen molar-refractivity contribution >= 4 is 16.0 Å². The highest BCUT2D eigenvalue weighted by Crippen LogP contribution is 2.49. The Morgan fingerprint density at radius 3 is 2.50 bits per heavy atom. The third kappa shape index (κ3) is 4.84. The number of hydrogen-bond acceptors (Lipinski definition) is 3. The van der Waals surface area contributed by atoms with Gasteiger partial charge in [-0.3, -0.25) is 4.99 Å². The van der Waals surface area contributed by atoms with Crippen molar-refractivity contribution in [3.05, 3.63) is 35.6 Å². The number of nitrogens with zero attached hydrogens (tertiary/aromatic N) is 2. The van der Waals surface area contributed by atoms with Crippen LogP contribution in [0, 0.1) is 5.82 Å². The van der Waals surface area contributed by atoms with E-state index in [1.165, 1.54) is 6.07 Å². The van der Waals surface area contributed by atoms with Crippen molar-refractivity contribution in [1.82, 2.24) is 14.9 Å². The predicted octanol–water partition coefficient (Wildman–Crippen LogP) is 2.23. The molecule has 2 aliphatic rings. The van der Waals surface area contributed by atoms with Crippen molar-refractivity contribution in [3.8, 4) is 0 Å². The van der Waals surface area contributed by atoms with Crippen molar-refractivity contribution < 1.29 is 12.8 Å². The Labute approximate surface area is 167 Å². The summed E-state index contributed by atoms with van der Waals surface area (Å²) >= 11 is 0. The van der Waals surface area contributed by atoms with E-state index >= 15 is 0 Å². The highest BCUT2D eigenvalue weighted by atomic mass is 32.2. The molecule has 1 aliphatic carbocycles. The summed E-state index contributed by atoms with van der Waals surface area (Å²) in [5.74, 6) is 0.715. The van der Waals surface area contributed by atoms with Gasteiger partial charge < -0.3 is 10.6 Å². The Balaban J connectivity index is 1.61. The van der Waals surface area contributed by atoms with Gasteiger partial charge in [0.15, 0.2) is 5.96 Å². The molecule has 1 saturated carbocycles. The summed E-state index contributed by atoms with van der Waals surface area (Å²) in [6.07, 6.45) is 3.40. The van der Waals surface area contributed by atoms with Crippen LogP contribution in [0.5, 0.6) is 0 Å². The monoisotopic (exact) mass is 410 g/mol. The molecule has 6 nitrogen and oxygen atoms in total. The quantitative estimate of drug-likeness (QED) is 0.534. The molecule has 28 heavy (non-hydrogen) atoms. The Bertz CT molecular complexity index is 800. The molecule has 0 unspecified atom stereocenters. The highest BCUT2D eigenvalue weighted by Gasteiger charge is 2.45. The standard InChI is InChI=1S/C20H31FN4O2S/c1-3-22-19(24-16-9-13-25(14-10-16)28(26,27)4-2)23-15-20(11-12-20)17-7-5-6-8-18(17)21/h5-8,16H,3-4,9-15H2,1-2H3,(H2,22,23,24). The van der Waals surface area contributed by atoms with Crippen LogP contribution in [-0.4, -0.2) is 56.7 Å². The SMILES string of the molecule is CCNC(=NCC1(c2ccccc2F)CC1)NC1CCN(S(=O)(=O)CC)CC1. The molecular weight excluding hydrogens is 379 g/mol. The number of aliphatic imine (C=N–C) groups is 1. The van der Waals surface area contributed by atoms with Gasteiger partial charge in [0, 0.05) is 31.1 Å². The number of guanidine groups is 1. The highest BCUT2D eigenvalue weighted by molar-refractivity contribution is 7.89. The van der Waals surface area contributed by atoms with E-state index in [4.69, 9.17) is 4.99 Å². The van der Waals surface area contributed by atoms with E-state index in [0.717, 1.165) is 43.8 Å². The second kappa shape index (κ2) is 8.78. The lowest BCUT2D eigenvalue weighted by Gasteiger charge is -2.32. The number of halogens is 1. The zero-order chi connectivity index (χ0) is 20.2. The average molecular weight is 411 g/mol. The minimum atomic E-state index is -3.12. The minimum absolute atomic E-state index is 0.146. The lowest BCUT2D eigenvalue weighted by molar-refractivity contribution is 0.306. The van der Waals surface area contributed by atoms with Crippen molar-refractivity contribution in [2.24, 2.45) is 4.99 Å². The van der Waals surface area contributed by atoms with Crippen LogP contribution >= 0.6 is 0 Å². The first-order valence-corrected chi connectivity index (χ1v) is 11.8. The molecule has 156 valence electrons. The number of hydrogen-bond donors (Lipinski definition) is 2. The van der Waals surface area contributed by atoms with Gasteiger partial charge in [-0.1, -0.05) is 18.2 Å². The van der Waals surface area contributed by atoms with Crippen molar-refractivity contribution in [1.29, 1.82) is 0 Å². The van der Waals surface area contributed by atoms with Gasteiger partial charge in [-0.05, 0) is 51.2 Å². The first-order chi connectivity index (χ1) is 13.4.